The van der Waals surface area contributed by atoms with Gasteiger partial charge in [-0.2, -0.15) is 0 Å². The molecule has 0 saturated heterocycles. The summed E-state index contributed by atoms with van der Waals surface area (Å²) in [6, 6.07) is 5.15. The first-order valence-corrected chi connectivity index (χ1v) is 5.92. The number of anilines is 1. The maximum Gasteiger partial charge on any atom is 0.260 e. The van der Waals surface area contributed by atoms with Crippen LogP contribution in [0.4, 0.5) is 5.69 Å². The lowest BCUT2D eigenvalue weighted by atomic mass is 10.2. The topological polar surface area (TPSA) is 55.1 Å². The number of carbonyl (C=O) groups is 1. The second-order valence-corrected chi connectivity index (χ2v) is 4.66. The summed E-state index contributed by atoms with van der Waals surface area (Å²) >= 11 is 9.18. The van der Waals surface area contributed by atoms with E-state index in [1.807, 2.05) is 0 Å². The van der Waals surface area contributed by atoms with Crippen LogP contribution in [-0.4, -0.2) is 11.1 Å². The van der Waals surface area contributed by atoms with Crippen LogP contribution in [0.15, 0.2) is 33.4 Å². The Morgan fingerprint density at radius 3 is 2.94 bits per heavy atom. The molecule has 2 aromatic rings. The van der Waals surface area contributed by atoms with E-state index in [0.29, 0.717) is 22.0 Å². The fraction of sp³-hybridized carbons (Fsp3) is 0.0909. The van der Waals surface area contributed by atoms with Gasteiger partial charge >= 0.3 is 0 Å². The van der Waals surface area contributed by atoms with Crippen LogP contribution in [-0.2, 0) is 0 Å². The van der Waals surface area contributed by atoms with Gasteiger partial charge in [-0.05, 0) is 41.1 Å². The number of nitrogens with zero attached hydrogens (tertiary/aromatic N) is 1. The van der Waals surface area contributed by atoms with Crippen LogP contribution in [0.1, 0.15) is 16.1 Å². The van der Waals surface area contributed by atoms with E-state index in [4.69, 9.17) is 16.1 Å². The molecule has 0 bridgehead atoms. The molecule has 0 fully saturated rings. The van der Waals surface area contributed by atoms with Crippen molar-refractivity contribution in [1.82, 2.24) is 5.16 Å². The smallest absolute Gasteiger partial charge is 0.260 e. The van der Waals surface area contributed by atoms with Crippen molar-refractivity contribution in [3.05, 3.63) is 45.2 Å². The molecule has 0 spiro atoms. The summed E-state index contributed by atoms with van der Waals surface area (Å²) in [7, 11) is 0. The molecule has 0 atom stereocenters. The van der Waals surface area contributed by atoms with Crippen LogP contribution in [0.2, 0.25) is 5.02 Å². The van der Waals surface area contributed by atoms with Crippen molar-refractivity contribution in [1.29, 1.82) is 0 Å². The Balaban J connectivity index is 2.24. The number of rotatable bonds is 2. The average molecular weight is 316 g/mol. The van der Waals surface area contributed by atoms with E-state index in [-0.39, 0.29) is 5.91 Å². The fourth-order valence-corrected chi connectivity index (χ4v) is 1.82. The highest BCUT2D eigenvalue weighted by atomic mass is 79.9. The highest BCUT2D eigenvalue weighted by Gasteiger charge is 2.14. The Morgan fingerprint density at radius 2 is 2.29 bits per heavy atom. The van der Waals surface area contributed by atoms with Gasteiger partial charge in [0.15, 0.2) is 0 Å². The minimum atomic E-state index is -0.285. The van der Waals surface area contributed by atoms with Crippen molar-refractivity contribution in [2.75, 3.05) is 5.32 Å². The third kappa shape index (κ3) is 2.68. The van der Waals surface area contributed by atoms with Crippen molar-refractivity contribution in [2.45, 2.75) is 6.92 Å². The number of aryl methyl sites for hydroxylation is 1. The van der Waals surface area contributed by atoms with Gasteiger partial charge in [0.25, 0.3) is 5.91 Å². The molecule has 0 saturated carbocycles. The van der Waals surface area contributed by atoms with Crippen molar-refractivity contribution >= 4 is 39.1 Å². The van der Waals surface area contributed by atoms with Crippen LogP contribution in [0.25, 0.3) is 0 Å². The maximum absolute atomic E-state index is 11.9. The van der Waals surface area contributed by atoms with Crippen LogP contribution >= 0.6 is 27.5 Å². The number of amides is 1. The highest BCUT2D eigenvalue weighted by Crippen LogP contribution is 2.26. The molecule has 0 aliphatic heterocycles. The summed E-state index contributed by atoms with van der Waals surface area (Å²) in [5.74, 6) is 0.187. The molecule has 88 valence electrons. The molecule has 4 nitrogen and oxygen atoms in total. The molecule has 0 radical (unpaired) electrons. The van der Waals surface area contributed by atoms with E-state index in [1.165, 1.54) is 6.20 Å². The minimum Gasteiger partial charge on any atom is -0.361 e. The highest BCUT2D eigenvalue weighted by molar-refractivity contribution is 9.10. The third-order valence-corrected chi connectivity index (χ3v) is 3.10. The average Bonchev–Trinajstić information content (AvgIpc) is 2.70. The quantitative estimate of drug-likeness (QED) is 0.920. The van der Waals surface area contributed by atoms with Gasteiger partial charge < -0.3 is 9.84 Å². The summed E-state index contributed by atoms with van der Waals surface area (Å²) in [4.78, 5) is 11.9. The van der Waals surface area contributed by atoms with Gasteiger partial charge in [-0.1, -0.05) is 16.8 Å². The number of benzene rings is 1. The zero-order valence-corrected chi connectivity index (χ0v) is 11.2. The second kappa shape index (κ2) is 4.89. The Kier molecular flexibility index (Phi) is 3.49. The lowest BCUT2D eigenvalue weighted by molar-refractivity contribution is 0.102. The zero-order chi connectivity index (χ0) is 12.4. The normalized spacial score (nSPS) is 10.3. The molecule has 1 aromatic heterocycles. The van der Waals surface area contributed by atoms with Gasteiger partial charge in [0, 0.05) is 9.50 Å². The first-order chi connectivity index (χ1) is 8.08. The van der Waals surface area contributed by atoms with Crippen molar-refractivity contribution in [3.8, 4) is 0 Å². The number of nitrogens with one attached hydrogen (secondary N) is 1. The first kappa shape index (κ1) is 12.1. The minimum absolute atomic E-state index is 0.285. The van der Waals surface area contributed by atoms with Crippen molar-refractivity contribution < 1.29 is 9.32 Å². The SMILES string of the molecule is Cc1oncc1C(=O)Nc1cc(Cl)ccc1Br. The fourth-order valence-electron chi connectivity index (χ4n) is 1.30. The van der Waals surface area contributed by atoms with Gasteiger partial charge in [-0.15, -0.1) is 0 Å². The monoisotopic (exact) mass is 314 g/mol. The van der Waals surface area contributed by atoms with Crippen LogP contribution in [0.5, 0.6) is 0 Å². The van der Waals surface area contributed by atoms with E-state index >= 15 is 0 Å². The van der Waals surface area contributed by atoms with E-state index < -0.39 is 0 Å². The van der Waals surface area contributed by atoms with Gasteiger partial charge in [0.1, 0.15) is 11.3 Å². The largest absolute Gasteiger partial charge is 0.361 e. The molecule has 0 aliphatic rings. The van der Waals surface area contributed by atoms with Crippen LogP contribution in [0, 0.1) is 6.92 Å². The maximum atomic E-state index is 11.9. The number of carbonyl (C=O) groups excluding carboxylic acids is 1. The first-order valence-electron chi connectivity index (χ1n) is 4.75. The van der Waals surface area contributed by atoms with Crippen LogP contribution in [0.3, 0.4) is 0 Å². The second-order valence-electron chi connectivity index (χ2n) is 3.37. The summed E-state index contributed by atoms with van der Waals surface area (Å²) in [5, 5.41) is 6.82. The molecule has 6 heteroatoms. The standard InChI is InChI=1S/C11H8BrClN2O2/c1-6-8(5-14-17-6)11(16)15-10-4-7(13)2-3-9(10)12/h2-5H,1H3,(H,15,16). The zero-order valence-electron chi connectivity index (χ0n) is 8.83. The molecule has 1 amide bonds. The number of hydrogen-bond donors (Lipinski definition) is 1. The molecule has 0 unspecified atom stereocenters. The predicted molar refractivity (Wildman–Crippen MR) is 68.3 cm³/mol. The molecule has 1 heterocycles. The number of hydrogen-bond acceptors (Lipinski definition) is 3. The molecule has 2 rings (SSSR count). The number of aromatic nitrogens is 1. The van der Waals surface area contributed by atoms with E-state index in [0.717, 1.165) is 4.47 Å². The summed E-state index contributed by atoms with van der Waals surface area (Å²) in [5.41, 5.74) is 1.000. The number of halogens is 2. The molecular formula is C11H8BrClN2O2. The molecule has 0 aliphatic carbocycles. The lowest BCUT2D eigenvalue weighted by Crippen LogP contribution is -2.12. The van der Waals surface area contributed by atoms with E-state index in [2.05, 4.69) is 26.4 Å². The van der Waals surface area contributed by atoms with Gasteiger partial charge in [-0.3, -0.25) is 4.79 Å². The van der Waals surface area contributed by atoms with Gasteiger partial charge in [-0.25, -0.2) is 0 Å². The Morgan fingerprint density at radius 1 is 1.53 bits per heavy atom. The van der Waals surface area contributed by atoms with E-state index in [9.17, 15) is 4.79 Å². The van der Waals surface area contributed by atoms with Crippen LogP contribution < -0.4 is 5.32 Å². The Bertz CT molecular complexity index is 568. The molecule has 1 N–H and O–H groups in total. The third-order valence-electron chi connectivity index (χ3n) is 2.17. The lowest BCUT2D eigenvalue weighted by Gasteiger charge is -2.06. The van der Waals surface area contributed by atoms with Crippen molar-refractivity contribution in [3.63, 3.8) is 0 Å². The summed E-state index contributed by atoms with van der Waals surface area (Å²) in [6.45, 7) is 1.68. The molecular weight excluding hydrogens is 307 g/mol. The van der Waals surface area contributed by atoms with Gasteiger partial charge in [0.2, 0.25) is 0 Å². The predicted octanol–water partition coefficient (Wildman–Crippen LogP) is 3.65. The Labute approximate surface area is 111 Å². The Hall–Kier alpha value is -1.33. The van der Waals surface area contributed by atoms with Crippen molar-refractivity contribution in [2.24, 2.45) is 0 Å². The molecule has 1 aromatic carbocycles. The molecule has 17 heavy (non-hydrogen) atoms. The summed E-state index contributed by atoms with van der Waals surface area (Å²) in [6.07, 6.45) is 1.38. The summed E-state index contributed by atoms with van der Waals surface area (Å²) < 4.78 is 5.58. The van der Waals surface area contributed by atoms with E-state index in [1.54, 1.807) is 25.1 Å². The van der Waals surface area contributed by atoms with Gasteiger partial charge in [0.05, 0.1) is 11.9 Å².